The highest BCUT2D eigenvalue weighted by molar-refractivity contribution is 5.99. The molecule has 0 saturated heterocycles. The van der Waals surface area contributed by atoms with Crippen LogP contribution in [0.3, 0.4) is 0 Å². The molecule has 0 unspecified atom stereocenters. The van der Waals surface area contributed by atoms with Crippen molar-refractivity contribution in [2.45, 2.75) is 32.1 Å². The van der Waals surface area contributed by atoms with Gasteiger partial charge in [0.25, 0.3) is 0 Å². The molecule has 0 atom stereocenters. The molecule has 2 rings (SSSR count). The molecule has 3 heteroatoms. The molecule has 3 nitrogen and oxygen atoms in total. The van der Waals surface area contributed by atoms with Crippen LogP contribution < -0.4 is 0 Å². The summed E-state index contributed by atoms with van der Waals surface area (Å²) in [5.41, 5.74) is 1.19. The van der Waals surface area contributed by atoms with Crippen molar-refractivity contribution >= 4 is 11.8 Å². The number of carbonyl (C=O) groups excluding carboxylic acids is 2. The van der Waals surface area contributed by atoms with E-state index in [1.54, 1.807) is 24.3 Å². The van der Waals surface area contributed by atoms with Gasteiger partial charge in [0.2, 0.25) is 0 Å². The zero-order valence-corrected chi connectivity index (χ0v) is 10.6. The Bertz CT molecular complexity index is 428. The lowest BCUT2D eigenvalue weighted by molar-refractivity contribution is 0.0600. The van der Waals surface area contributed by atoms with Gasteiger partial charge in [-0.15, -0.1) is 0 Å². The van der Waals surface area contributed by atoms with Crippen molar-refractivity contribution in [2.75, 3.05) is 7.11 Å². The Balaban J connectivity index is 2.08. The molecule has 1 saturated carbocycles. The zero-order chi connectivity index (χ0) is 13.0. The van der Waals surface area contributed by atoms with E-state index >= 15 is 0 Å². The van der Waals surface area contributed by atoms with Gasteiger partial charge in [-0.3, -0.25) is 4.79 Å². The van der Waals surface area contributed by atoms with Crippen LogP contribution in [0.4, 0.5) is 0 Å². The summed E-state index contributed by atoms with van der Waals surface area (Å²) >= 11 is 0. The Morgan fingerprint density at radius 3 is 2.11 bits per heavy atom. The van der Waals surface area contributed by atoms with Crippen LogP contribution in [0.15, 0.2) is 24.3 Å². The Labute approximate surface area is 107 Å². The molecule has 0 spiro atoms. The average molecular weight is 246 g/mol. The molecule has 0 amide bonds. The molecule has 18 heavy (non-hydrogen) atoms. The number of carbonyl (C=O) groups is 2. The summed E-state index contributed by atoms with van der Waals surface area (Å²) in [5, 5.41) is 0. The third-order valence-electron chi connectivity index (χ3n) is 3.57. The number of ether oxygens (including phenoxy) is 1. The van der Waals surface area contributed by atoms with Crippen LogP contribution in [0, 0.1) is 5.92 Å². The second-order valence-electron chi connectivity index (χ2n) is 4.77. The van der Waals surface area contributed by atoms with Gasteiger partial charge in [0.1, 0.15) is 0 Å². The Morgan fingerprint density at radius 1 is 1.00 bits per heavy atom. The van der Waals surface area contributed by atoms with Gasteiger partial charge in [-0.05, 0) is 25.0 Å². The van der Waals surface area contributed by atoms with Crippen LogP contribution in [0.1, 0.15) is 52.8 Å². The molecule has 0 heterocycles. The second-order valence-corrected chi connectivity index (χ2v) is 4.77. The minimum atomic E-state index is -0.369. The zero-order valence-electron chi connectivity index (χ0n) is 10.6. The molecule has 0 radical (unpaired) electrons. The highest BCUT2D eigenvalue weighted by Gasteiger charge is 2.22. The Hall–Kier alpha value is -1.64. The third kappa shape index (κ3) is 2.78. The molecule has 1 aromatic carbocycles. The van der Waals surface area contributed by atoms with Crippen LogP contribution in [-0.4, -0.2) is 18.9 Å². The maximum Gasteiger partial charge on any atom is 0.337 e. The van der Waals surface area contributed by atoms with Gasteiger partial charge in [0, 0.05) is 11.5 Å². The number of esters is 1. The van der Waals surface area contributed by atoms with Crippen LogP contribution in [0.5, 0.6) is 0 Å². The first-order chi connectivity index (χ1) is 8.72. The summed E-state index contributed by atoms with van der Waals surface area (Å²) in [6, 6.07) is 6.76. The lowest BCUT2D eigenvalue weighted by Crippen LogP contribution is -2.17. The largest absolute Gasteiger partial charge is 0.465 e. The molecule has 1 aliphatic rings. The number of hydrogen-bond acceptors (Lipinski definition) is 3. The van der Waals surface area contributed by atoms with Crippen molar-refractivity contribution in [3.05, 3.63) is 35.4 Å². The van der Waals surface area contributed by atoms with Crippen LogP contribution in [0.25, 0.3) is 0 Å². The first-order valence-electron chi connectivity index (χ1n) is 6.45. The smallest absolute Gasteiger partial charge is 0.337 e. The highest BCUT2D eigenvalue weighted by atomic mass is 16.5. The van der Waals surface area contributed by atoms with Gasteiger partial charge < -0.3 is 4.74 Å². The van der Waals surface area contributed by atoms with Crippen molar-refractivity contribution in [1.82, 2.24) is 0 Å². The summed E-state index contributed by atoms with van der Waals surface area (Å²) < 4.78 is 4.63. The molecule has 96 valence electrons. The Morgan fingerprint density at radius 2 is 1.56 bits per heavy atom. The molecule has 0 N–H and O–H groups in total. The predicted molar refractivity (Wildman–Crippen MR) is 68.7 cm³/mol. The van der Waals surface area contributed by atoms with E-state index in [0.717, 1.165) is 25.7 Å². The van der Waals surface area contributed by atoms with E-state index in [1.165, 1.54) is 13.5 Å². The number of rotatable bonds is 3. The summed E-state index contributed by atoms with van der Waals surface area (Å²) in [5.74, 6) is 0.0144. The van der Waals surface area contributed by atoms with Gasteiger partial charge in [0.05, 0.1) is 12.7 Å². The first-order valence-corrected chi connectivity index (χ1v) is 6.45. The van der Waals surface area contributed by atoms with Crippen molar-refractivity contribution < 1.29 is 14.3 Å². The molecule has 0 bridgehead atoms. The molecule has 0 aromatic heterocycles. The monoisotopic (exact) mass is 246 g/mol. The van der Waals surface area contributed by atoms with Crippen LogP contribution in [-0.2, 0) is 4.74 Å². The minimum absolute atomic E-state index is 0.169. The molecular formula is C15H18O3. The number of ketones is 1. The summed E-state index contributed by atoms with van der Waals surface area (Å²) in [6.07, 6.45) is 5.54. The number of methoxy groups -OCH3 is 1. The Kier molecular flexibility index (Phi) is 4.13. The topological polar surface area (TPSA) is 43.4 Å². The van der Waals surface area contributed by atoms with E-state index in [9.17, 15) is 9.59 Å². The second kappa shape index (κ2) is 5.80. The maximum absolute atomic E-state index is 12.2. The molecule has 1 aliphatic carbocycles. The molecule has 1 aromatic rings. The van der Waals surface area contributed by atoms with Gasteiger partial charge in [-0.25, -0.2) is 4.79 Å². The average Bonchev–Trinajstić information content (AvgIpc) is 2.47. The van der Waals surface area contributed by atoms with Crippen molar-refractivity contribution in [1.29, 1.82) is 0 Å². The predicted octanol–water partition coefficient (Wildman–Crippen LogP) is 3.24. The van der Waals surface area contributed by atoms with E-state index < -0.39 is 0 Å². The number of benzene rings is 1. The fourth-order valence-corrected chi connectivity index (χ4v) is 2.49. The van der Waals surface area contributed by atoms with E-state index in [4.69, 9.17) is 0 Å². The van der Waals surface area contributed by atoms with E-state index in [-0.39, 0.29) is 17.7 Å². The maximum atomic E-state index is 12.2. The van der Waals surface area contributed by atoms with Crippen LogP contribution >= 0.6 is 0 Å². The van der Waals surface area contributed by atoms with Gasteiger partial charge >= 0.3 is 5.97 Å². The van der Waals surface area contributed by atoms with Gasteiger partial charge in [0.15, 0.2) is 5.78 Å². The summed E-state index contributed by atoms with van der Waals surface area (Å²) in [4.78, 5) is 23.5. The molecule has 0 aliphatic heterocycles. The van der Waals surface area contributed by atoms with Crippen molar-refractivity contribution in [3.8, 4) is 0 Å². The summed E-state index contributed by atoms with van der Waals surface area (Å²) in [6.45, 7) is 0. The highest BCUT2D eigenvalue weighted by Crippen LogP contribution is 2.26. The van der Waals surface area contributed by atoms with Crippen molar-refractivity contribution in [2.24, 2.45) is 5.92 Å². The standard InChI is InChI=1S/C15H18O3/c1-18-15(17)13-9-7-12(8-10-13)14(16)11-5-3-2-4-6-11/h7-11H,2-6H2,1H3. The lowest BCUT2D eigenvalue weighted by atomic mass is 9.84. The SMILES string of the molecule is COC(=O)c1ccc(C(=O)C2CCCCC2)cc1. The first kappa shape index (κ1) is 12.8. The lowest BCUT2D eigenvalue weighted by Gasteiger charge is -2.20. The van der Waals surface area contributed by atoms with Crippen LogP contribution in [0.2, 0.25) is 0 Å². The van der Waals surface area contributed by atoms with Gasteiger partial charge in [-0.2, -0.15) is 0 Å². The quantitative estimate of drug-likeness (QED) is 0.607. The van der Waals surface area contributed by atoms with E-state index in [1.807, 2.05) is 0 Å². The molecule has 1 fully saturated rings. The normalized spacial score (nSPS) is 16.3. The minimum Gasteiger partial charge on any atom is -0.465 e. The van der Waals surface area contributed by atoms with E-state index in [0.29, 0.717) is 11.1 Å². The van der Waals surface area contributed by atoms with E-state index in [2.05, 4.69) is 4.74 Å². The molecular weight excluding hydrogens is 228 g/mol. The fraction of sp³-hybridized carbons (Fsp3) is 0.467. The fourth-order valence-electron chi connectivity index (χ4n) is 2.49. The number of Topliss-reactive ketones (excluding diaryl/α,β-unsaturated/α-hetero) is 1. The third-order valence-corrected chi connectivity index (χ3v) is 3.57. The van der Waals surface area contributed by atoms with Gasteiger partial charge in [-0.1, -0.05) is 31.4 Å². The van der Waals surface area contributed by atoms with Crippen molar-refractivity contribution in [3.63, 3.8) is 0 Å². The number of hydrogen-bond donors (Lipinski definition) is 0. The summed E-state index contributed by atoms with van der Waals surface area (Å²) in [7, 11) is 1.35.